The molecule has 1 aliphatic heterocycles. The number of carbonyl (C=O) groups is 2. The van der Waals surface area contributed by atoms with Crippen LogP contribution in [0.5, 0.6) is 5.75 Å². The van der Waals surface area contributed by atoms with Crippen LogP contribution in [0.25, 0.3) is 0 Å². The summed E-state index contributed by atoms with van der Waals surface area (Å²) >= 11 is 6.01. The smallest absolute Gasteiger partial charge is 0.313 e. The fourth-order valence-corrected chi connectivity index (χ4v) is 2.89. The van der Waals surface area contributed by atoms with Crippen LogP contribution >= 0.6 is 11.6 Å². The van der Waals surface area contributed by atoms with Crippen molar-refractivity contribution in [3.63, 3.8) is 0 Å². The van der Waals surface area contributed by atoms with Crippen LogP contribution in [-0.2, 0) is 9.59 Å². The highest BCUT2D eigenvalue weighted by atomic mass is 35.5. The van der Waals surface area contributed by atoms with Crippen molar-refractivity contribution < 1.29 is 14.3 Å². The minimum Gasteiger partial charge on any atom is -0.495 e. The molecule has 2 amide bonds. The van der Waals surface area contributed by atoms with Gasteiger partial charge in [0, 0.05) is 18.8 Å². The molecule has 0 atom stereocenters. The second-order valence-corrected chi connectivity index (χ2v) is 6.16. The van der Waals surface area contributed by atoms with Gasteiger partial charge in [0.1, 0.15) is 5.75 Å². The monoisotopic (exact) mass is 339 g/mol. The summed E-state index contributed by atoms with van der Waals surface area (Å²) in [7, 11) is 5.25. The Hall–Kier alpha value is -1.79. The highest BCUT2D eigenvalue weighted by Crippen LogP contribution is 2.27. The molecule has 1 aliphatic rings. The number of hydrogen-bond acceptors (Lipinski definition) is 4. The Morgan fingerprint density at radius 3 is 2.57 bits per heavy atom. The Bertz CT molecular complexity index is 586. The third-order valence-electron chi connectivity index (χ3n) is 4.16. The number of carbonyl (C=O) groups excluding carboxylic acids is 2. The molecule has 1 aromatic carbocycles. The van der Waals surface area contributed by atoms with Crippen molar-refractivity contribution in [3.8, 4) is 5.75 Å². The Morgan fingerprint density at radius 1 is 1.35 bits per heavy atom. The third kappa shape index (κ3) is 4.36. The first kappa shape index (κ1) is 17.6. The van der Waals surface area contributed by atoms with Crippen molar-refractivity contribution in [3.05, 3.63) is 23.2 Å². The van der Waals surface area contributed by atoms with Crippen LogP contribution < -0.4 is 10.1 Å². The van der Waals surface area contributed by atoms with Gasteiger partial charge in [-0.15, -0.1) is 0 Å². The van der Waals surface area contributed by atoms with Gasteiger partial charge >= 0.3 is 11.8 Å². The molecular weight excluding hydrogens is 318 g/mol. The van der Waals surface area contributed by atoms with Crippen molar-refractivity contribution in [2.75, 3.05) is 39.6 Å². The highest BCUT2D eigenvalue weighted by Gasteiger charge is 2.27. The lowest BCUT2D eigenvalue weighted by Crippen LogP contribution is -2.47. The zero-order valence-corrected chi connectivity index (χ0v) is 14.4. The number of nitrogens with zero attached hydrogens (tertiary/aromatic N) is 2. The van der Waals surface area contributed by atoms with Crippen molar-refractivity contribution in [2.45, 2.75) is 18.9 Å². The molecule has 0 spiro atoms. The van der Waals surface area contributed by atoms with Crippen LogP contribution in [0, 0.1) is 0 Å². The van der Waals surface area contributed by atoms with Gasteiger partial charge in [-0.2, -0.15) is 0 Å². The largest absolute Gasteiger partial charge is 0.495 e. The molecule has 1 heterocycles. The summed E-state index contributed by atoms with van der Waals surface area (Å²) in [6, 6.07) is 4.94. The summed E-state index contributed by atoms with van der Waals surface area (Å²) in [4.78, 5) is 28.2. The Morgan fingerprint density at radius 2 is 2.00 bits per heavy atom. The van der Waals surface area contributed by atoms with Gasteiger partial charge in [0.25, 0.3) is 0 Å². The average molecular weight is 340 g/mol. The number of rotatable bonds is 3. The van der Waals surface area contributed by atoms with E-state index in [2.05, 4.69) is 17.3 Å². The van der Waals surface area contributed by atoms with E-state index < -0.39 is 11.8 Å². The number of halogens is 1. The molecule has 7 heteroatoms. The van der Waals surface area contributed by atoms with E-state index in [4.69, 9.17) is 16.3 Å². The van der Waals surface area contributed by atoms with Gasteiger partial charge in [-0.05, 0) is 51.2 Å². The van der Waals surface area contributed by atoms with Crippen LogP contribution in [0.4, 0.5) is 5.69 Å². The van der Waals surface area contributed by atoms with E-state index >= 15 is 0 Å². The minimum atomic E-state index is -0.660. The van der Waals surface area contributed by atoms with Gasteiger partial charge in [-0.3, -0.25) is 9.59 Å². The maximum atomic E-state index is 12.3. The lowest BCUT2D eigenvalue weighted by Gasteiger charge is -2.34. The Balaban J connectivity index is 1.96. The zero-order chi connectivity index (χ0) is 17.0. The number of likely N-dealkylation sites (tertiary alicyclic amines) is 1. The van der Waals surface area contributed by atoms with E-state index in [9.17, 15) is 9.59 Å². The average Bonchev–Trinajstić information content (AvgIpc) is 2.54. The zero-order valence-electron chi connectivity index (χ0n) is 13.6. The molecule has 1 saturated heterocycles. The van der Waals surface area contributed by atoms with Gasteiger partial charge in [0.2, 0.25) is 0 Å². The summed E-state index contributed by atoms with van der Waals surface area (Å²) in [5.74, 6) is -0.682. The predicted molar refractivity (Wildman–Crippen MR) is 89.9 cm³/mol. The second-order valence-electron chi connectivity index (χ2n) is 5.75. The number of hydrogen-bond donors (Lipinski definition) is 1. The normalized spacial score (nSPS) is 16.0. The molecule has 23 heavy (non-hydrogen) atoms. The fourth-order valence-electron chi connectivity index (χ4n) is 2.64. The topological polar surface area (TPSA) is 61.9 Å². The molecule has 0 unspecified atom stereocenters. The summed E-state index contributed by atoms with van der Waals surface area (Å²) in [5.41, 5.74) is 0.464. The quantitative estimate of drug-likeness (QED) is 0.854. The number of piperidine rings is 1. The van der Waals surface area contributed by atoms with Gasteiger partial charge in [0.05, 0.1) is 12.1 Å². The number of amides is 2. The van der Waals surface area contributed by atoms with Crippen LogP contribution in [0.15, 0.2) is 18.2 Å². The van der Waals surface area contributed by atoms with E-state index in [1.165, 1.54) is 12.0 Å². The van der Waals surface area contributed by atoms with Crippen molar-refractivity contribution >= 4 is 29.1 Å². The summed E-state index contributed by atoms with van der Waals surface area (Å²) in [5, 5.41) is 2.96. The van der Waals surface area contributed by atoms with E-state index in [1.54, 1.807) is 25.2 Å². The van der Waals surface area contributed by atoms with Crippen LogP contribution in [-0.4, -0.2) is 62.0 Å². The molecule has 0 aromatic heterocycles. The van der Waals surface area contributed by atoms with Crippen LogP contribution in [0.3, 0.4) is 0 Å². The summed E-state index contributed by atoms with van der Waals surface area (Å²) < 4.78 is 5.05. The van der Waals surface area contributed by atoms with E-state index in [-0.39, 0.29) is 6.04 Å². The summed E-state index contributed by atoms with van der Waals surface area (Å²) in [6.07, 6.45) is 1.75. The van der Waals surface area contributed by atoms with Gasteiger partial charge in [0.15, 0.2) is 0 Å². The van der Waals surface area contributed by atoms with Crippen molar-refractivity contribution in [1.29, 1.82) is 0 Å². The minimum absolute atomic E-state index is 0.101. The molecule has 0 aliphatic carbocycles. The lowest BCUT2D eigenvalue weighted by atomic mass is 10.0. The van der Waals surface area contributed by atoms with Crippen LogP contribution in [0.2, 0.25) is 5.02 Å². The van der Waals surface area contributed by atoms with Gasteiger partial charge < -0.3 is 19.9 Å². The summed E-state index contributed by atoms with van der Waals surface area (Å²) in [6.45, 7) is 1.86. The molecule has 2 rings (SSSR count). The number of likely N-dealkylation sites (N-methyl/N-ethyl adjacent to an activating group) is 1. The first-order chi connectivity index (χ1) is 10.9. The van der Waals surface area contributed by atoms with Gasteiger partial charge in [-0.1, -0.05) is 11.6 Å². The number of methoxy groups -OCH3 is 1. The number of benzene rings is 1. The molecule has 0 saturated carbocycles. The van der Waals surface area contributed by atoms with Crippen molar-refractivity contribution in [1.82, 2.24) is 9.80 Å². The number of nitrogens with one attached hydrogen (secondary N) is 1. The second kappa shape index (κ2) is 7.66. The predicted octanol–water partition coefficient (Wildman–Crippen LogP) is 1.84. The maximum Gasteiger partial charge on any atom is 0.313 e. The number of ether oxygens (including phenoxy) is 1. The Labute approximate surface area is 141 Å². The molecule has 126 valence electrons. The molecule has 1 aromatic rings. The van der Waals surface area contributed by atoms with E-state index in [1.807, 2.05) is 0 Å². The van der Waals surface area contributed by atoms with Gasteiger partial charge in [-0.25, -0.2) is 0 Å². The number of anilines is 1. The molecule has 6 nitrogen and oxygen atoms in total. The first-order valence-corrected chi connectivity index (χ1v) is 7.90. The first-order valence-electron chi connectivity index (χ1n) is 7.52. The Kier molecular flexibility index (Phi) is 5.85. The van der Waals surface area contributed by atoms with E-state index in [0.29, 0.717) is 16.5 Å². The third-order valence-corrected chi connectivity index (χ3v) is 4.46. The van der Waals surface area contributed by atoms with E-state index in [0.717, 1.165) is 25.9 Å². The molecule has 0 radical (unpaired) electrons. The fraction of sp³-hybridized carbons (Fsp3) is 0.500. The highest BCUT2D eigenvalue weighted by molar-refractivity contribution is 6.39. The molecule has 1 fully saturated rings. The standard InChI is InChI=1S/C16H22ClN3O3/c1-19-8-6-12(7-9-19)20(2)16(22)15(21)18-11-4-5-14(23-3)13(17)10-11/h4-5,10,12H,6-9H2,1-3H3,(H,18,21). The molecule has 1 N–H and O–H groups in total. The lowest BCUT2D eigenvalue weighted by molar-refractivity contribution is -0.144. The molecular formula is C16H22ClN3O3. The maximum absolute atomic E-state index is 12.3. The molecule has 0 bridgehead atoms. The SMILES string of the molecule is COc1ccc(NC(=O)C(=O)N(C)C2CCN(C)CC2)cc1Cl. The van der Waals surface area contributed by atoms with Crippen molar-refractivity contribution in [2.24, 2.45) is 0 Å². The van der Waals surface area contributed by atoms with Crippen LogP contribution in [0.1, 0.15) is 12.8 Å².